The van der Waals surface area contributed by atoms with Crippen molar-refractivity contribution in [3.05, 3.63) is 137 Å². The fourth-order valence-electron chi connectivity index (χ4n) is 7.37. The number of carbonyl (C=O) groups is 6. The van der Waals surface area contributed by atoms with Crippen molar-refractivity contribution in [3.8, 4) is 33.8 Å². The first-order valence-corrected chi connectivity index (χ1v) is 30.7. The van der Waals surface area contributed by atoms with E-state index < -0.39 is 24.3 Å². The standard InChI is InChI=1S/C12H15N3O2S.2C12H13N3O2S.C7H9IN2O.C6H7IN2O2.C5H5IN2O/c3*1-4-9(17)11-8(5-15(3)14-11)12-10(6-16)18-7(2)13-12;1-3-6(11)7-5(8)4-10(2)9-7;1-9-3-4(7)5(8-9)6(10)11-2;1-8-2-4(6)5(3-9)7-8/h5-6,9,17H,4H2,1-3H3;5-6H,4H2,1-3H3;4-6,9,17H,1H2,2-3H3;3-4,6,11H,1H2,2H3;3H,1-2H3;2-3H,1H3. The number of aromatic nitrogens is 15. The highest BCUT2D eigenvalue weighted by molar-refractivity contribution is 14.1. The summed E-state index contributed by atoms with van der Waals surface area (Å²) in [6, 6.07) is 0. The number of carbonyl (C=O) groups excluding carboxylic acids is 6. The Morgan fingerprint density at radius 1 is 0.541 bits per heavy atom. The van der Waals surface area contributed by atoms with Crippen LogP contribution in [0.3, 0.4) is 0 Å². The fraction of sp³-hybridized carbons (Fsp3) is 0.315. The van der Waals surface area contributed by atoms with Crippen LogP contribution in [0.2, 0.25) is 0 Å². The first kappa shape index (κ1) is 71.0. The number of ketones is 1. The second-order valence-corrected chi connectivity index (χ2v) is 24.9. The monoisotopic (exact) mass is 1560 g/mol. The number of hydrogen-bond acceptors (Lipinski definition) is 22. The molecule has 3 unspecified atom stereocenters. The van der Waals surface area contributed by atoms with E-state index in [2.05, 4.69) is 109 Å². The van der Waals surface area contributed by atoms with Gasteiger partial charge < -0.3 is 20.1 Å². The van der Waals surface area contributed by atoms with Gasteiger partial charge in [-0.2, -0.15) is 30.6 Å². The van der Waals surface area contributed by atoms with Crippen LogP contribution in [0.25, 0.3) is 33.8 Å². The van der Waals surface area contributed by atoms with E-state index >= 15 is 0 Å². The molecule has 9 heterocycles. The maximum absolute atomic E-state index is 11.8. The molecule has 9 rings (SSSR count). The number of Topliss-reactive ketones (excluding diaryl/α,β-unsaturated/α-hetero) is 1. The number of aliphatic hydroxyl groups is 3. The number of hydrogen-bond donors (Lipinski definition) is 3. The van der Waals surface area contributed by atoms with E-state index in [-0.39, 0.29) is 5.78 Å². The summed E-state index contributed by atoms with van der Waals surface area (Å²) >= 11 is 10.2. The van der Waals surface area contributed by atoms with E-state index in [4.69, 9.17) is 0 Å². The van der Waals surface area contributed by atoms with Crippen molar-refractivity contribution in [1.82, 2.24) is 73.6 Å². The van der Waals surface area contributed by atoms with Gasteiger partial charge in [0.1, 0.15) is 40.7 Å². The molecule has 0 aromatic carbocycles. The van der Waals surface area contributed by atoms with Crippen molar-refractivity contribution in [2.24, 2.45) is 42.3 Å². The summed E-state index contributed by atoms with van der Waals surface area (Å²) in [7, 11) is 12.0. The molecule has 3 N–H and O–H groups in total. The molecule has 0 amide bonds. The second-order valence-electron chi connectivity index (χ2n) is 17.7. The quantitative estimate of drug-likeness (QED) is 0.0267. The lowest BCUT2D eigenvalue weighted by Crippen LogP contribution is -2.04. The summed E-state index contributed by atoms with van der Waals surface area (Å²) in [6.07, 6.45) is 15.4. The van der Waals surface area contributed by atoms with Crippen LogP contribution >= 0.6 is 102 Å². The molecule has 9 aromatic rings. The van der Waals surface area contributed by atoms with Gasteiger partial charge in [0.25, 0.3) is 0 Å². The normalized spacial score (nSPS) is 11.5. The largest absolute Gasteiger partial charge is 0.464 e. The molecule has 0 saturated heterocycles. The number of halogens is 3. The SMILES string of the molecule is C=CC(O)c1nn(C)cc1-c1nc(C)sc1C=O.C=CC(O)c1nn(C)cc1I.CCC(=O)c1nn(C)cc1-c1nc(C)sc1C=O.CCC(O)c1nn(C)cc1-c1nc(C)sc1C=O.COC(=O)c1nn(C)cc1I.Cn1cc(I)c(C=O)n1. The Hall–Kier alpha value is -6.48. The number of thiazole rings is 3. The van der Waals surface area contributed by atoms with Gasteiger partial charge in [-0.1, -0.05) is 26.0 Å². The molecule has 85 heavy (non-hydrogen) atoms. The molecule has 0 aliphatic carbocycles. The lowest BCUT2D eigenvalue weighted by Gasteiger charge is -2.06. The highest BCUT2D eigenvalue weighted by atomic mass is 127. The molecule has 0 spiro atoms. The van der Waals surface area contributed by atoms with Crippen LogP contribution in [0.5, 0.6) is 0 Å². The van der Waals surface area contributed by atoms with Crippen molar-refractivity contribution >= 4 is 139 Å². The van der Waals surface area contributed by atoms with Crippen LogP contribution < -0.4 is 0 Å². The van der Waals surface area contributed by atoms with E-state index in [0.29, 0.717) is 89.8 Å². The molecule has 452 valence electrons. The topological polar surface area (TPSA) is 318 Å². The van der Waals surface area contributed by atoms with Gasteiger partial charge in [0, 0.05) is 97.0 Å². The number of nitrogens with zero attached hydrogens (tertiary/aromatic N) is 15. The Bertz CT molecular complexity index is 3790. The van der Waals surface area contributed by atoms with Gasteiger partial charge in [-0.05, 0) is 95.0 Å². The molecule has 25 nitrogen and oxygen atoms in total. The van der Waals surface area contributed by atoms with Crippen molar-refractivity contribution in [3.63, 3.8) is 0 Å². The average Bonchev–Trinajstić information content (AvgIpc) is 3.09. The van der Waals surface area contributed by atoms with E-state index in [9.17, 15) is 44.1 Å². The number of ether oxygens (including phenoxy) is 1. The zero-order valence-electron chi connectivity index (χ0n) is 48.3. The van der Waals surface area contributed by atoms with E-state index in [0.717, 1.165) is 56.4 Å². The predicted octanol–water partition coefficient (Wildman–Crippen LogP) is 9.14. The van der Waals surface area contributed by atoms with Gasteiger partial charge in [0.05, 0.1) is 76.2 Å². The molecule has 9 aromatic heterocycles. The molecule has 0 saturated carbocycles. The van der Waals surface area contributed by atoms with Crippen LogP contribution in [0, 0.1) is 31.5 Å². The third-order valence-corrected chi connectivity index (χ3v) is 16.2. The van der Waals surface area contributed by atoms with Crippen LogP contribution in [-0.2, 0) is 47.0 Å². The predicted molar refractivity (Wildman–Crippen MR) is 348 cm³/mol. The fourth-order valence-corrected chi connectivity index (χ4v) is 11.8. The van der Waals surface area contributed by atoms with Crippen LogP contribution in [0.4, 0.5) is 0 Å². The van der Waals surface area contributed by atoms with Crippen LogP contribution in [-0.4, -0.2) is 133 Å². The first-order valence-electron chi connectivity index (χ1n) is 25.1. The third-order valence-electron chi connectivity index (χ3n) is 11.1. The van der Waals surface area contributed by atoms with Gasteiger partial charge in [-0.3, -0.25) is 52.1 Å². The van der Waals surface area contributed by atoms with Gasteiger partial charge in [-0.25, -0.2) is 19.7 Å². The Morgan fingerprint density at radius 2 is 0.918 bits per heavy atom. The Kier molecular flexibility index (Phi) is 27.9. The Morgan fingerprint density at radius 3 is 1.29 bits per heavy atom. The summed E-state index contributed by atoms with van der Waals surface area (Å²) in [5.41, 5.74) is 6.74. The Balaban J connectivity index is 0.000000223. The Labute approximate surface area is 542 Å². The van der Waals surface area contributed by atoms with Crippen LogP contribution in [0.1, 0.15) is 138 Å². The third kappa shape index (κ3) is 19.3. The number of aliphatic hydroxyl groups excluding tert-OH is 3. The van der Waals surface area contributed by atoms with Crippen molar-refractivity contribution < 1.29 is 48.8 Å². The number of esters is 1. The lowest BCUT2D eigenvalue weighted by molar-refractivity contribution is 0.0591. The summed E-state index contributed by atoms with van der Waals surface area (Å²) in [6.45, 7) is 16.2. The molecule has 0 fully saturated rings. The minimum Gasteiger partial charge on any atom is -0.464 e. The minimum atomic E-state index is -0.872. The zero-order chi connectivity index (χ0) is 63.6. The minimum absolute atomic E-state index is 0.0481. The molecule has 0 radical (unpaired) electrons. The molecule has 0 aliphatic heterocycles. The number of aldehydes is 4. The smallest absolute Gasteiger partial charge is 0.359 e. The zero-order valence-corrected chi connectivity index (χ0v) is 57.2. The van der Waals surface area contributed by atoms with Crippen molar-refractivity contribution in [1.29, 1.82) is 0 Å². The molecule has 0 bridgehead atoms. The number of aryl methyl sites for hydroxylation is 9. The van der Waals surface area contributed by atoms with Gasteiger partial charge in [0.15, 0.2) is 36.6 Å². The van der Waals surface area contributed by atoms with Gasteiger partial charge in [-0.15, -0.1) is 47.2 Å². The summed E-state index contributed by atoms with van der Waals surface area (Å²) in [4.78, 5) is 80.7. The summed E-state index contributed by atoms with van der Waals surface area (Å²) in [5, 5.41) is 56.0. The van der Waals surface area contributed by atoms with E-state index in [1.807, 2.05) is 63.5 Å². The van der Waals surface area contributed by atoms with Gasteiger partial charge in [0.2, 0.25) is 0 Å². The first-order chi connectivity index (χ1) is 40.2. The van der Waals surface area contributed by atoms with Crippen molar-refractivity contribution in [2.75, 3.05) is 7.11 Å². The van der Waals surface area contributed by atoms with E-state index in [1.165, 1.54) is 53.3 Å². The maximum Gasteiger partial charge on any atom is 0.359 e. The second kappa shape index (κ2) is 33.4. The molecule has 31 heteroatoms. The summed E-state index contributed by atoms with van der Waals surface area (Å²) in [5.74, 6) is -0.442. The molecular formula is C54H62I3N15O10S3. The maximum atomic E-state index is 11.8. The van der Waals surface area contributed by atoms with Crippen molar-refractivity contribution in [2.45, 2.75) is 65.8 Å². The molecule has 0 aliphatic rings. The van der Waals surface area contributed by atoms with Crippen LogP contribution in [0.15, 0.2) is 62.5 Å². The molecule has 3 atom stereocenters. The van der Waals surface area contributed by atoms with E-state index in [1.54, 1.807) is 101 Å². The molecular weight excluding hydrogens is 1500 g/mol. The van der Waals surface area contributed by atoms with Gasteiger partial charge >= 0.3 is 5.97 Å². The highest BCUT2D eigenvalue weighted by Gasteiger charge is 2.24. The average molecular weight is 1560 g/mol. The highest BCUT2D eigenvalue weighted by Crippen LogP contribution is 2.34. The lowest BCUT2D eigenvalue weighted by atomic mass is 10.1. The number of methoxy groups -OCH3 is 1. The number of rotatable bonds is 16. The summed E-state index contributed by atoms with van der Waals surface area (Å²) < 4.78 is 16.8.